The summed E-state index contributed by atoms with van der Waals surface area (Å²) in [6.07, 6.45) is 1.41. The van der Waals surface area contributed by atoms with E-state index in [0.29, 0.717) is 12.8 Å². The van der Waals surface area contributed by atoms with Crippen molar-refractivity contribution in [1.82, 2.24) is 4.72 Å². The molecule has 0 aliphatic carbocycles. The summed E-state index contributed by atoms with van der Waals surface area (Å²) in [5.74, 6) is -0.890. The number of aliphatic carboxylic acids is 1. The molecule has 0 saturated heterocycles. The Balaban J connectivity index is 4.70. The van der Waals surface area contributed by atoms with Gasteiger partial charge in [0, 0.05) is 0 Å². The zero-order valence-corrected chi connectivity index (χ0v) is 11.8. The van der Waals surface area contributed by atoms with Crippen molar-refractivity contribution in [3.05, 3.63) is 0 Å². The van der Waals surface area contributed by atoms with Crippen LogP contribution in [0.1, 0.15) is 47.0 Å². The number of rotatable bonds is 8. The number of hydrogen-bond acceptors (Lipinski definition) is 3. The van der Waals surface area contributed by atoms with E-state index < -0.39 is 21.5 Å². The van der Waals surface area contributed by atoms with Crippen molar-refractivity contribution in [3.8, 4) is 0 Å². The Bertz CT molecular complexity index is 350. The lowest BCUT2D eigenvalue weighted by atomic mass is 9.98. The molecule has 0 rings (SSSR count). The largest absolute Gasteiger partial charge is 0.480 e. The molecule has 0 aromatic carbocycles. The molecule has 0 aliphatic heterocycles. The van der Waals surface area contributed by atoms with E-state index in [2.05, 4.69) is 4.72 Å². The van der Waals surface area contributed by atoms with Crippen molar-refractivity contribution in [3.63, 3.8) is 0 Å². The molecule has 5 nitrogen and oxygen atoms in total. The zero-order valence-electron chi connectivity index (χ0n) is 11.0. The molecule has 102 valence electrons. The Labute approximate surface area is 104 Å². The van der Waals surface area contributed by atoms with E-state index in [-0.39, 0.29) is 18.1 Å². The van der Waals surface area contributed by atoms with E-state index in [4.69, 9.17) is 5.11 Å². The summed E-state index contributed by atoms with van der Waals surface area (Å²) in [5.41, 5.74) is -1.40. The van der Waals surface area contributed by atoms with Crippen LogP contribution in [-0.2, 0) is 14.8 Å². The normalized spacial score (nSPS) is 15.8. The lowest BCUT2D eigenvalue weighted by Crippen LogP contribution is -2.52. The molecule has 6 heteroatoms. The number of hydrogen-bond donors (Lipinski definition) is 2. The van der Waals surface area contributed by atoms with Gasteiger partial charge < -0.3 is 5.11 Å². The molecule has 0 saturated carbocycles. The Morgan fingerprint density at radius 1 is 1.41 bits per heavy atom. The maximum Gasteiger partial charge on any atom is 0.324 e. The van der Waals surface area contributed by atoms with E-state index >= 15 is 0 Å². The summed E-state index contributed by atoms with van der Waals surface area (Å²) in [4.78, 5) is 11.1. The Kier molecular flexibility index (Phi) is 6.12. The van der Waals surface area contributed by atoms with Gasteiger partial charge in [0.1, 0.15) is 5.54 Å². The third-order valence-electron chi connectivity index (χ3n) is 2.57. The molecule has 0 bridgehead atoms. The topological polar surface area (TPSA) is 83.5 Å². The lowest BCUT2D eigenvalue weighted by Gasteiger charge is -2.25. The van der Waals surface area contributed by atoms with Crippen LogP contribution in [0.2, 0.25) is 0 Å². The molecule has 2 N–H and O–H groups in total. The van der Waals surface area contributed by atoms with Gasteiger partial charge in [0.15, 0.2) is 0 Å². The molecule has 0 heterocycles. The van der Waals surface area contributed by atoms with Crippen LogP contribution in [0.5, 0.6) is 0 Å². The summed E-state index contributed by atoms with van der Waals surface area (Å²) in [7, 11) is -3.53. The van der Waals surface area contributed by atoms with Crippen LogP contribution >= 0.6 is 0 Å². The zero-order chi connectivity index (χ0) is 13.7. The first-order valence-electron chi connectivity index (χ1n) is 5.88. The highest BCUT2D eigenvalue weighted by Gasteiger charge is 2.36. The Morgan fingerprint density at radius 2 is 1.94 bits per heavy atom. The molecular formula is C11H23NO4S. The van der Waals surface area contributed by atoms with Crippen molar-refractivity contribution < 1.29 is 18.3 Å². The molecule has 0 aromatic heterocycles. The second-order valence-electron chi connectivity index (χ2n) is 4.99. The van der Waals surface area contributed by atoms with Crippen molar-refractivity contribution in [2.45, 2.75) is 52.5 Å². The van der Waals surface area contributed by atoms with Gasteiger partial charge >= 0.3 is 5.97 Å². The molecule has 0 spiro atoms. The standard InChI is InChI=1S/C11H23NO4S/c1-5-7-11(4,10(13)14)12-17(15,16)8-6-9(2)3/h9,12H,5-8H2,1-4H3,(H,13,14). The van der Waals surface area contributed by atoms with Crippen LogP contribution in [0, 0.1) is 5.92 Å². The van der Waals surface area contributed by atoms with Gasteiger partial charge in [-0.15, -0.1) is 0 Å². The summed E-state index contributed by atoms with van der Waals surface area (Å²) in [6.45, 7) is 7.09. The molecule has 1 unspecified atom stereocenters. The second-order valence-corrected chi connectivity index (χ2v) is 6.83. The molecule has 0 aromatic rings. The van der Waals surface area contributed by atoms with Crippen LogP contribution in [0.15, 0.2) is 0 Å². The minimum absolute atomic E-state index is 0.0305. The average Bonchev–Trinajstić information content (AvgIpc) is 2.14. The van der Waals surface area contributed by atoms with Gasteiger partial charge in [0.05, 0.1) is 5.75 Å². The highest BCUT2D eigenvalue weighted by molar-refractivity contribution is 7.89. The van der Waals surface area contributed by atoms with Crippen LogP contribution in [0.3, 0.4) is 0 Å². The van der Waals surface area contributed by atoms with Crippen LogP contribution in [0.4, 0.5) is 0 Å². The third kappa shape index (κ3) is 6.02. The van der Waals surface area contributed by atoms with E-state index in [1.165, 1.54) is 6.92 Å². The molecule has 17 heavy (non-hydrogen) atoms. The van der Waals surface area contributed by atoms with E-state index in [9.17, 15) is 13.2 Å². The smallest absolute Gasteiger partial charge is 0.324 e. The summed E-state index contributed by atoms with van der Waals surface area (Å²) >= 11 is 0. The number of nitrogens with one attached hydrogen (secondary N) is 1. The molecule has 0 amide bonds. The van der Waals surface area contributed by atoms with Gasteiger partial charge in [-0.25, -0.2) is 8.42 Å². The average molecular weight is 265 g/mol. The predicted molar refractivity (Wildman–Crippen MR) is 67.3 cm³/mol. The van der Waals surface area contributed by atoms with E-state index in [1.54, 1.807) is 0 Å². The van der Waals surface area contributed by atoms with E-state index in [0.717, 1.165) is 0 Å². The molecule has 0 aliphatic rings. The van der Waals surface area contributed by atoms with Crippen molar-refractivity contribution >= 4 is 16.0 Å². The summed E-state index contributed by atoms with van der Waals surface area (Å²) in [5, 5.41) is 9.08. The minimum atomic E-state index is -3.53. The fraction of sp³-hybridized carbons (Fsp3) is 0.909. The minimum Gasteiger partial charge on any atom is -0.480 e. The summed E-state index contributed by atoms with van der Waals surface area (Å²) in [6, 6.07) is 0. The Morgan fingerprint density at radius 3 is 2.29 bits per heavy atom. The van der Waals surface area contributed by atoms with Crippen molar-refractivity contribution in [1.29, 1.82) is 0 Å². The monoisotopic (exact) mass is 265 g/mol. The predicted octanol–water partition coefficient (Wildman–Crippen LogP) is 1.60. The molecular weight excluding hydrogens is 242 g/mol. The van der Waals surface area contributed by atoms with Crippen LogP contribution < -0.4 is 4.72 Å². The van der Waals surface area contributed by atoms with Crippen molar-refractivity contribution in [2.24, 2.45) is 5.92 Å². The van der Waals surface area contributed by atoms with E-state index in [1.807, 2.05) is 20.8 Å². The SMILES string of the molecule is CCCC(C)(NS(=O)(=O)CCC(C)C)C(=O)O. The van der Waals surface area contributed by atoms with Gasteiger partial charge in [0.25, 0.3) is 0 Å². The van der Waals surface area contributed by atoms with Crippen LogP contribution in [-0.4, -0.2) is 30.8 Å². The van der Waals surface area contributed by atoms with Gasteiger partial charge in [0.2, 0.25) is 10.0 Å². The highest BCUT2D eigenvalue weighted by Crippen LogP contribution is 2.15. The summed E-state index contributed by atoms with van der Waals surface area (Å²) < 4.78 is 25.8. The maximum atomic E-state index is 11.8. The highest BCUT2D eigenvalue weighted by atomic mass is 32.2. The first-order valence-corrected chi connectivity index (χ1v) is 7.53. The third-order valence-corrected chi connectivity index (χ3v) is 4.10. The Hall–Kier alpha value is -0.620. The number of carboxylic acid groups (broad SMARTS) is 1. The van der Waals surface area contributed by atoms with Gasteiger partial charge in [-0.3, -0.25) is 4.79 Å². The first kappa shape index (κ1) is 16.4. The fourth-order valence-electron chi connectivity index (χ4n) is 1.49. The quantitative estimate of drug-likeness (QED) is 0.698. The lowest BCUT2D eigenvalue weighted by molar-refractivity contribution is -0.143. The van der Waals surface area contributed by atoms with Crippen molar-refractivity contribution in [2.75, 3.05) is 5.75 Å². The van der Waals surface area contributed by atoms with Gasteiger partial charge in [-0.05, 0) is 25.7 Å². The van der Waals surface area contributed by atoms with Gasteiger partial charge in [-0.1, -0.05) is 27.2 Å². The second kappa shape index (κ2) is 6.35. The van der Waals surface area contributed by atoms with Gasteiger partial charge in [-0.2, -0.15) is 4.72 Å². The molecule has 0 radical (unpaired) electrons. The number of carbonyl (C=O) groups is 1. The number of sulfonamides is 1. The fourth-order valence-corrected chi connectivity index (χ4v) is 3.25. The maximum absolute atomic E-state index is 11.8. The molecule has 1 atom stereocenters. The molecule has 0 fully saturated rings. The van der Waals surface area contributed by atoms with Crippen LogP contribution in [0.25, 0.3) is 0 Å². The number of carboxylic acids is 1. The first-order chi connectivity index (χ1) is 7.63.